The number of alkyl halides is 2. The third-order valence-electron chi connectivity index (χ3n) is 9.77. The maximum atomic E-state index is 14.3. The van der Waals surface area contributed by atoms with Crippen LogP contribution < -0.4 is 15.0 Å². The van der Waals surface area contributed by atoms with Crippen molar-refractivity contribution < 1.29 is 27.8 Å². The lowest BCUT2D eigenvalue weighted by molar-refractivity contribution is -0.124. The summed E-state index contributed by atoms with van der Waals surface area (Å²) in [5.41, 5.74) is 4.39. The molecule has 48 heavy (non-hydrogen) atoms. The van der Waals surface area contributed by atoms with Gasteiger partial charge in [-0.2, -0.15) is 5.10 Å². The molecule has 0 saturated heterocycles. The Morgan fingerprint density at radius 1 is 1.04 bits per heavy atom. The van der Waals surface area contributed by atoms with Crippen LogP contribution in [0.15, 0.2) is 48.9 Å². The number of methoxy groups -OCH3 is 1. The van der Waals surface area contributed by atoms with Crippen LogP contribution in [0.4, 0.5) is 19.4 Å². The van der Waals surface area contributed by atoms with Gasteiger partial charge in [0.05, 0.1) is 19.9 Å². The number of carbonyl (C=O) groups is 2. The van der Waals surface area contributed by atoms with Crippen LogP contribution in [0.5, 0.6) is 5.75 Å². The molecule has 1 aromatic carbocycles. The summed E-state index contributed by atoms with van der Waals surface area (Å²) in [7, 11) is 1.70. The van der Waals surface area contributed by atoms with Crippen LogP contribution in [0.2, 0.25) is 0 Å². The number of benzene rings is 1. The van der Waals surface area contributed by atoms with E-state index in [1.165, 1.54) is 5.56 Å². The fourth-order valence-corrected chi connectivity index (χ4v) is 6.97. The number of halogens is 2. The van der Waals surface area contributed by atoms with E-state index in [1.807, 2.05) is 34.1 Å². The lowest BCUT2D eigenvalue weighted by Crippen LogP contribution is -2.43. The van der Waals surface area contributed by atoms with Gasteiger partial charge in [0.2, 0.25) is 5.91 Å². The third kappa shape index (κ3) is 9.11. The van der Waals surface area contributed by atoms with Crippen LogP contribution in [-0.2, 0) is 9.53 Å². The molecule has 0 spiro atoms. The Bertz CT molecular complexity index is 1540. The molecule has 11 heteroatoms. The number of hydrogen-bond donors (Lipinski definition) is 1. The van der Waals surface area contributed by atoms with Gasteiger partial charge in [-0.05, 0) is 119 Å². The number of ether oxygens (including phenoxy) is 2. The lowest BCUT2D eigenvalue weighted by atomic mass is 9.78. The summed E-state index contributed by atoms with van der Waals surface area (Å²) >= 11 is 0. The van der Waals surface area contributed by atoms with Crippen molar-refractivity contribution in [2.24, 2.45) is 11.8 Å². The molecule has 2 fully saturated rings. The third-order valence-corrected chi connectivity index (χ3v) is 9.77. The van der Waals surface area contributed by atoms with Gasteiger partial charge in [0.1, 0.15) is 17.7 Å². The molecule has 2 heterocycles. The van der Waals surface area contributed by atoms with Crippen molar-refractivity contribution in [2.45, 2.75) is 103 Å². The number of amides is 2. The van der Waals surface area contributed by atoms with Crippen LogP contribution >= 0.6 is 0 Å². The zero-order chi connectivity index (χ0) is 34.4. The molecule has 9 nitrogen and oxygen atoms in total. The lowest BCUT2D eigenvalue weighted by Gasteiger charge is -2.35. The molecular weight excluding hydrogens is 616 g/mol. The number of pyridine rings is 1. The highest BCUT2D eigenvalue weighted by Gasteiger charge is 2.34. The molecule has 0 aliphatic heterocycles. The Morgan fingerprint density at radius 2 is 1.77 bits per heavy atom. The molecule has 260 valence electrons. The Labute approximate surface area is 282 Å². The maximum Gasteiger partial charge on any atom is 0.407 e. The first-order chi connectivity index (χ1) is 22.9. The second-order valence-corrected chi connectivity index (χ2v) is 13.9. The molecule has 0 radical (unpaired) electrons. The monoisotopic (exact) mass is 665 g/mol. The Balaban J connectivity index is 1.28. The molecule has 0 bridgehead atoms. The molecule has 2 saturated carbocycles. The summed E-state index contributed by atoms with van der Waals surface area (Å²) in [4.78, 5) is 32.9. The van der Waals surface area contributed by atoms with Crippen molar-refractivity contribution in [3.8, 4) is 16.9 Å². The molecule has 2 aliphatic rings. The van der Waals surface area contributed by atoms with Crippen molar-refractivity contribution >= 4 is 17.8 Å². The summed E-state index contributed by atoms with van der Waals surface area (Å²) in [6.07, 6.45) is 10.5. The van der Waals surface area contributed by atoms with Crippen molar-refractivity contribution in [1.29, 1.82) is 0 Å². The van der Waals surface area contributed by atoms with E-state index in [9.17, 15) is 18.4 Å². The predicted octanol–water partition coefficient (Wildman–Crippen LogP) is 8.09. The number of carbonyl (C=O) groups excluding carboxylic acids is 2. The number of aryl methyl sites for hydroxylation is 1. The number of nitrogens with zero attached hydrogens (tertiary/aromatic N) is 4. The van der Waals surface area contributed by atoms with Crippen molar-refractivity contribution in [1.82, 2.24) is 20.1 Å². The summed E-state index contributed by atoms with van der Waals surface area (Å²) in [6.45, 7) is 6.78. The second kappa shape index (κ2) is 15.5. The van der Waals surface area contributed by atoms with Crippen LogP contribution in [0.25, 0.3) is 11.1 Å². The molecule has 1 N–H and O–H groups in total. The second-order valence-electron chi connectivity index (χ2n) is 13.9. The Hall–Kier alpha value is -4.02. The topological polar surface area (TPSA) is 98.6 Å². The molecule has 3 aromatic rings. The van der Waals surface area contributed by atoms with Crippen molar-refractivity contribution in [3.63, 3.8) is 0 Å². The normalized spacial score (nSPS) is 21.5. The van der Waals surface area contributed by atoms with E-state index < -0.39 is 24.7 Å². The molecular formula is C37H49F2N5O4. The first-order valence-electron chi connectivity index (χ1n) is 17.2. The van der Waals surface area contributed by atoms with Gasteiger partial charge in [0.15, 0.2) is 0 Å². The Morgan fingerprint density at radius 3 is 2.40 bits per heavy atom. The summed E-state index contributed by atoms with van der Waals surface area (Å²) in [5.74, 6) is -0.900. The molecule has 0 unspecified atom stereocenters. The number of alkyl carbamates (subject to hydrolysis) is 1. The first-order valence-corrected chi connectivity index (χ1v) is 17.2. The highest BCUT2D eigenvalue weighted by Crippen LogP contribution is 2.39. The zero-order valence-electron chi connectivity index (χ0n) is 28.8. The minimum atomic E-state index is -3.01. The highest BCUT2D eigenvalue weighted by molar-refractivity contribution is 5.94. The Kier molecular flexibility index (Phi) is 11.4. The SMILES string of the molecule is COc1ccc(C2CCC(CN(C(=O)C3CCC(OC(=O)NCC(C)(F)F)CC3)c3cc(-c4cnn(C(C)C)c4)ccn3)CC2)cc1C. The van der Waals surface area contributed by atoms with E-state index in [2.05, 4.69) is 49.4 Å². The highest BCUT2D eigenvalue weighted by atomic mass is 19.3. The number of aromatic nitrogens is 3. The fourth-order valence-electron chi connectivity index (χ4n) is 6.97. The molecule has 5 rings (SSSR count). The minimum Gasteiger partial charge on any atom is -0.496 e. The van der Waals surface area contributed by atoms with E-state index >= 15 is 0 Å². The van der Waals surface area contributed by atoms with E-state index in [0.29, 0.717) is 49.9 Å². The van der Waals surface area contributed by atoms with Gasteiger partial charge in [-0.15, -0.1) is 0 Å². The smallest absolute Gasteiger partial charge is 0.407 e. The number of anilines is 1. The van der Waals surface area contributed by atoms with Crippen LogP contribution in [0.3, 0.4) is 0 Å². The zero-order valence-corrected chi connectivity index (χ0v) is 28.8. The van der Waals surface area contributed by atoms with Gasteiger partial charge < -0.3 is 14.8 Å². The first kappa shape index (κ1) is 35.3. The summed E-state index contributed by atoms with van der Waals surface area (Å²) < 4.78 is 39.1. The van der Waals surface area contributed by atoms with Crippen molar-refractivity contribution in [2.75, 3.05) is 25.1 Å². The molecule has 0 atom stereocenters. The van der Waals surface area contributed by atoms with Gasteiger partial charge in [0.25, 0.3) is 5.92 Å². The van der Waals surface area contributed by atoms with Gasteiger partial charge in [-0.3, -0.25) is 14.4 Å². The molecule has 2 aromatic heterocycles. The van der Waals surface area contributed by atoms with Crippen molar-refractivity contribution in [3.05, 3.63) is 60.0 Å². The van der Waals surface area contributed by atoms with E-state index in [4.69, 9.17) is 14.5 Å². The van der Waals surface area contributed by atoms with Gasteiger partial charge in [-0.25, -0.2) is 18.6 Å². The quantitative estimate of drug-likeness (QED) is 0.222. The van der Waals surface area contributed by atoms with Crippen LogP contribution in [0, 0.1) is 18.8 Å². The predicted molar refractivity (Wildman–Crippen MR) is 181 cm³/mol. The number of hydrogen-bond acceptors (Lipinski definition) is 6. The van der Waals surface area contributed by atoms with Crippen LogP contribution in [-0.4, -0.2) is 59.0 Å². The van der Waals surface area contributed by atoms with Gasteiger partial charge in [-0.1, -0.05) is 12.1 Å². The minimum absolute atomic E-state index is 0.0268. The van der Waals surface area contributed by atoms with Gasteiger partial charge in [0, 0.05) is 43.4 Å². The van der Waals surface area contributed by atoms with E-state index in [0.717, 1.165) is 55.0 Å². The average Bonchev–Trinajstić information content (AvgIpc) is 3.58. The number of rotatable bonds is 11. The standard InChI is InChI=1S/C37H49F2N5O4/c1-24(2)44-22-31(20-42-44)30-16-17-40-34(19-30)43(21-26-6-8-27(9-7-26)29-12-15-33(47-5)25(3)18-29)35(45)28-10-13-32(14-11-28)48-36(46)41-23-37(4,38)39/h12,15-20,22,24,26-28,32H,6-11,13-14,21,23H2,1-5H3,(H,41,46). The number of nitrogens with one attached hydrogen (secondary N) is 1. The molecule has 2 aliphatic carbocycles. The largest absolute Gasteiger partial charge is 0.496 e. The molecule has 2 amide bonds. The fraction of sp³-hybridized carbons (Fsp3) is 0.568. The summed E-state index contributed by atoms with van der Waals surface area (Å²) in [5, 5.41) is 6.63. The van der Waals surface area contributed by atoms with E-state index in [-0.39, 0.29) is 17.9 Å². The average molecular weight is 666 g/mol. The van der Waals surface area contributed by atoms with Crippen LogP contribution in [0.1, 0.15) is 95.2 Å². The van der Waals surface area contributed by atoms with E-state index in [1.54, 1.807) is 13.3 Å². The van der Waals surface area contributed by atoms with Gasteiger partial charge >= 0.3 is 6.09 Å². The maximum absolute atomic E-state index is 14.3. The summed E-state index contributed by atoms with van der Waals surface area (Å²) in [6, 6.07) is 10.6.